The van der Waals surface area contributed by atoms with Crippen LogP contribution in [-0.2, 0) is 22.4 Å². The first kappa shape index (κ1) is 21.3. The number of carbonyl (C=O) groups excluding carboxylic acids is 1. The average molecular weight is 438 g/mol. The van der Waals surface area contributed by atoms with Crippen molar-refractivity contribution in [2.75, 3.05) is 20.8 Å². The number of hydrogen-bond donors (Lipinski definition) is 1. The Hall–Kier alpha value is -2.44. The zero-order valence-electron chi connectivity index (χ0n) is 16.1. The summed E-state index contributed by atoms with van der Waals surface area (Å²) in [5.41, 5.74) is 2.22. The van der Waals surface area contributed by atoms with E-state index in [0.717, 1.165) is 11.1 Å². The lowest BCUT2D eigenvalue weighted by molar-refractivity contribution is -0.141. The van der Waals surface area contributed by atoms with Crippen LogP contribution in [0.25, 0.3) is 0 Å². The van der Waals surface area contributed by atoms with Crippen molar-refractivity contribution in [3.05, 3.63) is 57.1 Å². The fraction of sp³-hybridized carbons (Fsp3) is 0.333. The monoisotopic (exact) mass is 437 g/mol. The van der Waals surface area contributed by atoms with Gasteiger partial charge in [0.2, 0.25) is 5.91 Å². The van der Waals surface area contributed by atoms with Gasteiger partial charge in [0.15, 0.2) is 11.5 Å². The first-order valence-corrected chi connectivity index (χ1v) is 9.80. The van der Waals surface area contributed by atoms with Crippen molar-refractivity contribution < 1.29 is 24.2 Å². The van der Waals surface area contributed by atoms with E-state index < -0.39 is 12.0 Å². The highest BCUT2D eigenvalue weighted by Gasteiger charge is 2.34. The molecule has 1 atom stereocenters. The van der Waals surface area contributed by atoms with Crippen LogP contribution >= 0.6 is 23.2 Å². The van der Waals surface area contributed by atoms with Gasteiger partial charge < -0.3 is 19.5 Å². The molecule has 0 bridgehead atoms. The number of benzene rings is 2. The molecule has 3 rings (SSSR count). The summed E-state index contributed by atoms with van der Waals surface area (Å²) < 4.78 is 10.7. The molecule has 0 aliphatic carbocycles. The second-order valence-corrected chi connectivity index (χ2v) is 7.55. The van der Waals surface area contributed by atoms with Gasteiger partial charge in [0, 0.05) is 16.6 Å². The van der Waals surface area contributed by atoms with Gasteiger partial charge in [-0.15, -0.1) is 0 Å². The summed E-state index contributed by atoms with van der Waals surface area (Å²) in [6.45, 7) is 0.390. The van der Waals surface area contributed by atoms with E-state index in [9.17, 15) is 14.7 Å². The van der Waals surface area contributed by atoms with E-state index in [4.69, 9.17) is 32.7 Å². The van der Waals surface area contributed by atoms with Gasteiger partial charge in [0.1, 0.15) is 0 Å². The molecule has 8 heteroatoms. The van der Waals surface area contributed by atoms with Crippen molar-refractivity contribution in [2.24, 2.45) is 0 Å². The zero-order valence-corrected chi connectivity index (χ0v) is 17.6. The van der Waals surface area contributed by atoms with Crippen molar-refractivity contribution in [1.82, 2.24) is 4.90 Å². The molecule has 0 unspecified atom stereocenters. The molecule has 2 aromatic carbocycles. The van der Waals surface area contributed by atoms with E-state index in [-0.39, 0.29) is 18.7 Å². The molecule has 6 nitrogen and oxygen atoms in total. The minimum absolute atomic E-state index is 0.00273. The maximum absolute atomic E-state index is 13.1. The fourth-order valence-electron chi connectivity index (χ4n) is 3.67. The first-order valence-electron chi connectivity index (χ1n) is 9.04. The highest BCUT2D eigenvalue weighted by atomic mass is 35.5. The maximum Gasteiger partial charge on any atom is 0.305 e. The Balaban J connectivity index is 1.97. The van der Waals surface area contributed by atoms with E-state index >= 15 is 0 Å². The van der Waals surface area contributed by atoms with Gasteiger partial charge in [-0.05, 0) is 47.4 Å². The minimum atomic E-state index is -0.994. The van der Waals surface area contributed by atoms with Crippen molar-refractivity contribution in [1.29, 1.82) is 0 Å². The van der Waals surface area contributed by atoms with Crippen LogP contribution in [0.15, 0.2) is 30.3 Å². The average Bonchev–Trinajstić information content (AvgIpc) is 2.69. The number of fused-ring (bicyclic) bond motifs is 1. The Kier molecular flexibility index (Phi) is 6.55. The summed E-state index contributed by atoms with van der Waals surface area (Å²) in [4.78, 5) is 26.2. The lowest BCUT2D eigenvalue weighted by Crippen LogP contribution is -2.41. The van der Waals surface area contributed by atoms with Crippen LogP contribution in [0.4, 0.5) is 0 Å². The summed E-state index contributed by atoms with van der Waals surface area (Å²) in [7, 11) is 3.06. The van der Waals surface area contributed by atoms with Crippen LogP contribution in [0.3, 0.4) is 0 Å². The third kappa shape index (κ3) is 4.43. The van der Waals surface area contributed by atoms with Crippen LogP contribution in [0.5, 0.6) is 11.5 Å². The normalized spacial score (nSPS) is 15.6. The van der Waals surface area contributed by atoms with Crippen LogP contribution in [0.1, 0.15) is 29.2 Å². The second-order valence-electron chi connectivity index (χ2n) is 6.73. The second kappa shape index (κ2) is 8.93. The number of rotatable bonds is 6. The number of aliphatic carboxylic acids is 1. The van der Waals surface area contributed by atoms with Crippen molar-refractivity contribution in [2.45, 2.75) is 25.3 Å². The number of halogens is 2. The molecule has 1 aliphatic heterocycles. The smallest absolute Gasteiger partial charge is 0.305 e. The molecular formula is C21H21Cl2NO5. The molecular weight excluding hydrogens is 417 g/mol. The number of methoxy groups -OCH3 is 2. The molecule has 1 amide bonds. The Bertz CT molecular complexity index is 927. The van der Waals surface area contributed by atoms with Gasteiger partial charge in [0.05, 0.1) is 33.1 Å². The van der Waals surface area contributed by atoms with Crippen molar-refractivity contribution in [3.63, 3.8) is 0 Å². The number of hydrogen-bond acceptors (Lipinski definition) is 4. The molecule has 1 aliphatic rings. The molecule has 29 heavy (non-hydrogen) atoms. The van der Waals surface area contributed by atoms with Gasteiger partial charge in [0.25, 0.3) is 0 Å². The molecule has 0 fully saturated rings. The van der Waals surface area contributed by atoms with Crippen LogP contribution < -0.4 is 9.47 Å². The number of carboxylic acids is 1. The van der Waals surface area contributed by atoms with Crippen LogP contribution in [0.2, 0.25) is 10.0 Å². The Morgan fingerprint density at radius 2 is 1.76 bits per heavy atom. The SMILES string of the molecule is COc1cc2c(cc1OC)[C@H](CC(=O)O)N(C(=O)Cc1c(Cl)cccc1Cl)CC2. The fourth-order valence-corrected chi connectivity index (χ4v) is 4.20. The highest BCUT2D eigenvalue weighted by molar-refractivity contribution is 6.36. The third-order valence-electron chi connectivity index (χ3n) is 5.08. The topological polar surface area (TPSA) is 76.1 Å². The molecule has 0 spiro atoms. The number of amides is 1. The zero-order chi connectivity index (χ0) is 21.1. The number of nitrogens with zero attached hydrogens (tertiary/aromatic N) is 1. The predicted molar refractivity (Wildman–Crippen MR) is 110 cm³/mol. The minimum Gasteiger partial charge on any atom is -0.493 e. The summed E-state index contributed by atoms with van der Waals surface area (Å²) in [5, 5.41) is 10.3. The molecule has 1 N–H and O–H groups in total. The number of ether oxygens (including phenoxy) is 2. The molecule has 0 saturated heterocycles. The summed E-state index contributed by atoms with van der Waals surface area (Å²) >= 11 is 12.4. The predicted octanol–water partition coefficient (Wildman–Crippen LogP) is 4.15. The molecule has 2 aromatic rings. The van der Waals surface area contributed by atoms with E-state index in [1.807, 2.05) is 6.07 Å². The first-order chi connectivity index (χ1) is 13.8. The van der Waals surface area contributed by atoms with E-state index in [0.29, 0.717) is 40.1 Å². The lowest BCUT2D eigenvalue weighted by atomic mass is 9.89. The van der Waals surface area contributed by atoms with Gasteiger partial charge in [-0.1, -0.05) is 29.3 Å². The lowest BCUT2D eigenvalue weighted by Gasteiger charge is -2.37. The van der Waals surface area contributed by atoms with Crippen LogP contribution in [0, 0.1) is 0 Å². The Morgan fingerprint density at radius 1 is 1.14 bits per heavy atom. The van der Waals surface area contributed by atoms with E-state index in [1.54, 1.807) is 36.3 Å². The molecule has 0 aromatic heterocycles. The molecule has 0 radical (unpaired) electrons. The maximum atomic E-state index is 13.1. The number of carboxylic acid groups (broad SMARTS) is 1. The van der Waals surface area contributed by atoms with Gasteiger partial charge >= 0.3 is 5.97 Å². The van der Waals surface area contributed by atoms with Gasteiger partial charge in [-0.25, -0.2) is 0 Å². The van der Waals surface area contributed by atoms with Gasteiger partial charge in [-0.3, -0.25) is 9.59 Å². The van der Waals surface area contributed by atoms with E-state index in [2.05, 4.69) is 0 Å². The molecule has 154 valence electrons. The quantitative estimate of drug-likeness (QED) is 0.734. The molecule has 1 heterocycles. The molecule has 0 saturated carbocycles. The summed E-state index contributed by atoms with van der Waals surface area (Å²) in [6.07, 6.45) is 0.357. The Labute approximate surface area is 178 Å². The highest BCUT2D eigenvalue weighted by Crippen LogP contribution is 2.40. The van der Waals surface area contributed by atoms with Gasteiger partial charge in [-0.2, -0.15) is 0 Å². The summed E-state index contributed by atoms with van der Waals surface area (Å²) in [6, 6.07) is 8.04. The standard InChI is InChI=1S/C21H21Cl2NO5/c1-28-18-8-12-6-7-24(17(11-21(26)27)13(12)9-19(18)29-2)20(25)10-14-15(22)4-3-5-16(14)23/h3-5,8-9,17H,6-7,10-11H2,1-2H3,(H,26,27)/t17-/m0/s1. The largest absolute Gasteiger partial charge is 0.493 e. The van der Waals surface area contributed by atoms with Crippen LogP contribution in [-0.4, -0.2) is 42.6 Å². The van der Waals surface area contributed by atoms with Crippen molar-refractivity contribution >= 4 is 35.1 Å². The third-order valence-corrected chi connectivity index (χ3v) is 5.79. The number of carbonyl (C=O) groups is 2. The summed E-state index contributed by atoms with van der Waals surface area (Å²) in [5.74, 6) is -0.161. The van der Waals surface area contributed by atoms with E-state index in [1.165, 1.54) is 7.11 Å². The van der Waals surface area contributed by atoms with Crippen molar-refractivity contribution in [3.8, 4) is 11.5 Å². The Morgan fingerprint density at radius 3 is 2.34 bits per heavy atom.